The first-order chi connectivity index (χ1) is 9.33. The number of hydrogen-bond acceptors (Lipinski definition) is 5. The Morgan fingerprint density at radius 1 is 1.21 bits per heavy atom. The molecule has 0 N–H and O–H groups in total. The van der Waals surface area contributed by atoms with Crippen molar-refractivity contribution in [3.8, 4) is 11.5 Å². The fourth-order valence-corrected chi connectivity index (χ4v) is 2.40. The van der Waals surface area contributed by atoms with E-state index in [2.05, 4.69) is 15.2 Å². The highest BCUT2D eigenvalue weighted by Gasteiger charge is 2.09. The van der Waals surface area contributed by atoms with Crippen molar-refractivity contribution in [3.05, 3.63) is 48.6 Å². The van der Waals surface area contributed by atoms with Crippen LogP contribution >= 0.6 is 11.8 Å². The van der Waals surface area contributed by atoms with Gasteiger partial charge in [0.2, 0.25) is 11.8 Å². The van der Waals surface area contributed by atoms with E-state index in [0.717, 1.165) is 10.7 Å². The summed E-state index contributed by atoms with van der Waals surface area (Å²) >= 11 is 1.57. The number of nitrogens with zero attached hydrogens (tertiary/aromatic N) is 4. The molecule has 0 saturated heterocycles. The molecule has 5 nitrogen and oxygen atoms in total. The summed E-state index contributed by atoms with van der Waals surface area (Å²) in [6, 6.07) is 9.74. The topological polar surface area (TPSA) is 56.7 Å². The lowest BCUT2D eigenvalue weighted by Gasteiger charge is -1.97. The predicted molar refractivity (Wildman–Crippen MR) is 72.5 cm³/mol. The normalized spacial score (nSPS) is 10.8. The zero-order chi connectivity index (χ0) is 13.1. The maximum atomic E-state index is 5.63. The minimum atomic E-state index is 0.552. The van der Waals surface area contributed by atoms with E-state index < -0.39 is 0 Å². The maximum Gasteiger partial charge on any atom is 0.247 e. The molecule has 0 radical (unpaired) electrons. The van der Waals surface area contributed by atoms with E-state index in [-0.39, 0.29) is 0 Å². The van der Waals surface area contributed by atoms with Gasteiger partial charge in [0.1, 0.15) is 0 Å². The Bertz CT molecular complexity index is 662. The molecule has 0 unspecified atom stereocenters. The van der Waals surface area contributed by atoms with Gasteiger partial charge in [-0.25, -0.2) is 4.98 Å². The fourth-order valence-electron chi connectivity index (χ4n) is 1.63. The highest BCUT2D eigenvalue weighted by atomic mass is 32.2. The standard InChI is InChI=1S/C13H12N4OS/c1-17-8-7-14-13(17)19-9-11-15-16-12(18-11)10-5-3-2-4-6-10/h2-8H,9H2,1H3. The van der Waals surface area contributed by atoms with Crippen LogP contribution in [-0.2, 0) is 12.8 Å². The second-order valence-electron chi connectivity index (χ2n) is 3.98. The van der Waals surface area contributed by atoms with E-state index in [4.69, 9.17) is 4.42 Å². The highest BCUT2D eigenvalue weighted by Crippen LogP contribution is 2.22. The lowest BCUT2D eigenvalue weighted by molar-refractivity contribution is 0.528. The molecule has 0 bridgehead atoms. The Morgan fingerprint density at radius 3 is 2.79 bits per heavy atom. The number of rotatable bonds is 4. The summed E-state index contributed by atoms with van der Waals surface area (Å²) in [4.78, 5) is 4.23. The smallest absolute Gasteiger partial charge is 0.247 e. The third kappa shape index (κ3) is 2.68. The summed E-state index contributed by atoms with van der Waals surface area (Å²) in [5.74, 6) is 1.77. The third-order valence-electron chi connectivity index (χ3n) is 2.59. The van der Waals surface area contributed by atoms with Gasteiger partial charge in [0, 0.05) is 25.0 Å². The number of benzene rings is 1. The van der Waals surface area contributed by atoms with Crippen LogP contribution in [0.3, 0.4) is 0 Å². The van der Waals surface area contributed by atoms with E-state index >= 15 is 0 Å². The Hall–Kier alpha value is -2.08. The SMILES string of the molecule is Cn1ccnc1SCc1nnc(-c2ccccc2)o1. The molecule has 0 aliphatic carbocycles. The number of imidazole rings is 1. The molecule has 3 rings (SSSR count). The molecule has 19 heavy (non-hydrogen) atoms. The minimum absolute atomic E-state index is 0.552. The molecule has 0 fully saturated rings. The van der Waals surface area contributed by atoms with Crippen LogP contribution < -0.4 is 0 Å². The third-order valence-corrected chi connectivity index (χ3v) is 3.63. The van der Waals surface area contributed by atoms with Crippen LogP contribution in [0.5, 0.6) is 0 Å². The van der Waals surface area contributed by atoms with Gasteiger partial charge in [-0.1, -0.05) is 30.0 Å². The van der Waals surface area contributed by atoms with Crippen LogP contribution in [0.2, 0.25) is 0 Å². The summed E-state index contributed by atoms with van der Waals surface area (Å²) in [5, 5.41) is 9.03. The number of hydrogen-bond donors (Lipinski definition) is 0. The Kier molecular flexibility index (Phi) is 3.33. The van der Waals surface area contributed by atoms with Crippen LogP contribution in [0, 0.1) is 0 Å². The largest absolute Gasteiger partial charge is 0.420 e. The lowest BCUT2D eigenvalue weighted by Crippen LogP contribution is -1.89. The van der Waals surface area contributed by atoms with Gasteiger partial charge in [-0.3, -0.25) is 0 Å². The van der Waals surface area contributed by atoms with Crippen molar-refractivity contribution in [1.29, 1.82) is 0 Å². The Balaban J connectivity index is 1.70. The van der Waals surface area contributed by atoms with Crippen molar-refractivity contribution < 1.29 is 4.42 Å². The van der Waals surface area contributed by atoms with Crippen molar-refractivity contribution in [2.45, 2.75) is 10.9 Å². The first-order valence-corrected chi connectivity index (χ1v) is 6.79. The van der Waals surface area contributed by atoms with Gasteiger partial charge in [-0.15, -0.1) is 10.2 Å². The Labute approximate surface area is 114 Å². The van der Waals surface area contributed by atoms with Gasteiger partial charge in [-0.05, 0) is 12.1 Å². The molecule has 0 amide bonds. The van der Waals surface area contributed by atoms with Crippen molar-refractivity contribution in [2.24, 2.45) is 7.05 Å². The maximum absolute atomic E-state index is 5.63. The molecule has 2 heterocycles. The molecule has 0 spiro atoms. The van der Waals surface area contributed by atoms with Gasteiger partial charge in [0.15, 0.2) is 5.16 Å². The molecule has 6 heteroatoms. The quantitative estimate of drug-likeness (QED) is 0.683. The molecular weight excluding hydrogens is 260 g/mol. The average Bonchev–Trinajstić information content (AvgIpc) is 3.06. The van der Waals surface area contributed by atoms with Crippen LogP contribution in [0.25, 0.3) is 11.5 Å². The van der Waals surface area contributed by atoms with Gasteiger partial charge < -0.3 is 8.98 Å². The van der Waals surface area contributed by atoms with Crippen LogP contribution in [-0.4, -0.2) is 19.7 Å². The van der Waals surface area contributed by atoms with E-state index in [9.17, 15) is 0 Å². The molecule has 96 valence electrons. The van der Waals surface area contributed by atoms with Crippen molar-refractivity contribution in [1.82, 2.24) is 19.7 Å². The average molecular weight is 272 g/mol. The van der Waals surface area contributed by atoms with Crippen molar-refractivity contribution in [3.63, 3.8) is 0 Å². The molecule has 3 aromatic rings. The highest BCUT2D eigenvalue weighted by molar-refractivity contribution is 7.98. The number of aryl methyl sites for hydroxylation is 1. The molecule has 0 atom stereocenters. The molecule has 0 aliphatic heterocycles. The lowest BCUT2D eigenvalue weighted by atomic mass is 10.2. The van der Waals surface area contributed by atoms with Crippen LogP contribution in [0.4, 0.5) is 0 Å². The minimum Gasteiger partial charge on any atom is -0.420 e. The summed E-state index contributed by atoms with van der Waals surface area (Å²) < 4.78 is 7.59. The first kappa shape index (κ1) is 12.0. The Morgan fingerprint density at radius 2 is 2.05 bits per heavy atom. The van der Waals surface area contributed by atoms with E-state index in [1.54, 1.807) is 18.0 Å². The number of aromatic nitrogens is 4. The summed E-state index contributed by atoms with van der Waals surface area (Å²) in [7, 11) is 1.96. The van der Waals surface area contributed by atoms with Gasteiger partial charge in [-0.2, -0.15) is 0 Å². The van der Waals surface area contributed by atoms with Crippen LogP contribution in [0.15, 0.2) is 52.3 Å². The van der Waals surface area contributed by atoms with Crippen LogP contribution in [0.1, 0.15) is 5.89 Å². The van der Waals surface area contributed by atoms with Crippen molar-refractivity contribution >= 4 is 11.8 Å². The van der Waals surface area contributed by atoms with Gasteiger partial charge in [0.25, 0.3) is 0 Å². The van der Waals surface area contributed by atoms with Gasteiger partial charge in [0.05, 0.1) is 5.75 Å². The first-order valence-electron chi connectivity index (χ1n) is 5.81. The zero-order valence-corrected chi connectivity index (χ0v) is 11.2. The predicted octanol–water partition coefficient (Wildman–Crippen LogP) is 2.76. The molecule has 2 aromatic heterocycles. The molecule has 1 aromatic carbocycles. The van der Waals surface area contributed by atoms with E-state index in [0.29, 0.717) is 17.5 Å². The fraction of sp³-hybridized carbons (Fsp3) is 0.154. The molecule has 0 aliphatic rings. The van der Waals surface area contributed by atoms with E-state index in [1.807, 2.05) is 48.1 Å². The van der Waals surface area contributed by atoms with E-state index in [1.165, 1.54) is 0 Å². The second kappa shape index (κ2) is 5.27. The van der Waals surface area contributed by atoms with Crippen molar-refractivity contribution in [2.75, 3.05) is 0 Å². The van der Waals surface area contributed by atoms with Gasteiger partial charge >= 0.3 is 0 Å². The zero-order valence-electron chi connectivity index (χ0n) is 10.4. The summed E-state index contributed by atoms with van der Waals surface area (Å²) in [6.07, 6.45) is 3.68. The summed E-state index contributed by atoms with van der Waals surface area (Å²) in [5.41, 5.74) is 0.934. The molecule has 0 saturated carbocycles. The summed E-state index contributed by atoms with van der Waals surface area (Å²) in [6.45, 7) is 0. The monoisotopic (exact) mass is 272 g/mol. The second-order valence-corrected chi connectivity index (χ2v) is 4.92. The number of thioether (sulfide) groups is 1. The molecular formula is C13H12N4OS.